The molecule has 0 saturated heterocycles. The van der Waals surface area contributed by atoms with Gasteiger partial charge in [-0.2, -0.15) is 0 Å². The molecule has 0 N–H and O–H groups in total. The molecule has 0 aliphatic heterocycles. The molecular weight excluding hydrogens is 260 g/mol. The summed E-state index contributed by atoms with van der Waals surface area (Å²) < 4.78 is 5.88. The maximum atomic E-state index is 12.5. The fourth-order valence-electron chi connectivity index (χ4n) is 5.43. The Hall–Kier alpha value is -0.530. The van der Waals surface area contributed by atoms with E-state index in [0.717, 1.165) is 36.5 Å². The first-order chi connectivity index (χ1) is 9.91. The number of rotatable bonds is 5. The van der Waals surface area contributed by atoms with Crippen molar-refractivity contribution in [2.24, 2.45) is 34.5 Å². The molecule has 2 heteroatoms. The normalized spacial score (nSPS) is 41.3. The summed E-state index contributed by atoms with van der Waals surface area (Å²) in [7, 11) is 0. The van der Waals surface area contributed by atoms with Crippen LogP contribution in [0, 0.1) is 34.5 Å². The van der Waals surface area contributed by atoms with Crippen LogP contribution >= 0.6 is 0 Å². The summed E-state index contributed by atoms with van der Waals surface area (Å²) in [6.45, 7) is 9.30. The van der Waals surface area contributed by atoms with E-state index in [-0.39, 0.29) is 16.8 Å². The molecule has 4 aliphatic rings. The van der Waals surface area contributed by atoms with Gasteiger partial charge in [-0.05, 0) is 75.5 Å². The van der Waals surface area contributed by atoms with Crippen LogP contribution in [0.25, 0.3) is 0 Å². The zero-order chi connectivity index (χ0) is 15.3. The first-order valence-electron chi connectivity index (χ1n) is 9.08. The molecule has 0 unspecified atom stereocenters. The molecule has 4 bridgehead atoms. The number of hydrogen-bond acceptors (Lipinski definition) is 2. The molecule has 0 aromatic rings. The predicted molar refractivity (Wildman–Crippen MR) is 84.8 cm³/mol. The number of hydrogen-bond donors (Lipinski definition) is 0. The van der Waals surface area contributed by atoms with Gasteiger partial charge in [-0.15, -0.1) is 0 Å². The average molecular weight is 292 g/mol. The summed E-state index contributed by atoms with van der Waals surface area (Å²) in [5.41, 5.74) is -0.0340. The summed E-state index contributed by atoms with van der Waals surface area (Å²) in [5, 5.41) is 0. The van der Waals surface area contributed by atoms with Crippen molar-refractivity contribution in [3.63, 3.8) is 0 Å². The lowest BCUT2D eigenvalue weighted by atomic mass is 9.46. The van der Waals surface area contributed by atoms with Crippen molar-refractivity contribution in [3.05, 3.63) is 0 Å². The van der Waals surface area contributed by atoms with E-state index in [0.29, 0.717) is 6.61 Å². The third-order valence-electron chi connectivity index (χ3n) is 7.57. The number of esters is 1. The smallest absolute Gasteiger partial charge is 0.311 e. The third kappa shape index (κ3) is 2.43. The molecule has 0 radical (unpaired) electrons. The molecule has 4 rings (SSSR count). The Balaban J connectivity index is 1.66. The van der Waals surface area contributed by atoms with Crippen molar-refractivity contribution in [2.75, 3.05) is 6.61 Å². The van der Waals surface area contributed by atoms with E-state index in [9.17, 15) is 4.79 Å². The second-order valence-electron chi connectivity index (χ2n) is 8.65. The highest BCUT2D eigenvalue weighted by Crippen LogP contribution is 2.62. The Kier molecular flexibility index (Phi) is 3.86. The van der Waals surface area contributed by atoms with Crippen LogP contribution in [0.15, 0.2) is 0 Å². The third-order valence-corrected chi connectivity index (χ3v) is 7.57. The molecular formula is C19H32O2. The summed E-state index contributed by atoms with van der Waals surface area (Å²) in [5.74, 6) is 3.59. The highest BCUT2D eigenvalue weighted by atomic mass is 16.5. The second-order valence-corrected chi connectivity index (χ2v) is 8.65. The van der Waals surface area contributed by atoms with E-state index in [1.807, 2.05) is 0 Å². The summed E-state index contributed by atoms with van der Waals surface area (Å²) in [4.78, 5) is 12.5. The lowest BCUT2D eigenvalue weighted by Gasteiger charge is -2.60. The fraction of sp³-hybridized carbons (Fsp3) is 0.947. The Labute approximate surface area is 130 Å². The molecule has 21 heavy (non-hydrogen) atoms. The van der Waals surface area contributed by atoms with Crippen molar-refractivity contribution in [2.45, 2.75) is 72.6 Å². The molecule has 0 aromatic carbocycles. The minimum Gasteiger partial charge on any atom is -0.465 e. The van der Waals surface area contributed by atoms with Crippen LogP contribution in [-0.2, 0) is 9.53 Å². The van der Waals surface area contributed by atoms with Gasteiger partial charge in [0.1, 0.15) is 0 Å². The molecule has 0 heterocycles. The Morgan fingerprint density at radius 1 is 1.05 bits per heavy atom. The molecule has 4 saturated carbocycles. The topological polar surface area (TPSA) is 26.3 Å². The van der Waals surface area contributed by atoms with E-state index in [4.69, 9.17) is 4.74 Å². The van der Waals surface area contributed by atoms with Gasteiger partial charge in [-0.25, -0.2) is 0 Å². The molecule has 4 aliphatic carbocycles. The fourth-order valence-corrected chi connectivity index (χ4v) is 5.43. The first-order valence-corrected chi connectivity index (χ1v) is 9.08. The molecule has 0 amide bonds. The van der Waals surface area contributed by atoms with Crippen LogP contribution in [0.1, 0.15) is 72.6 Å². The molecule has 0 spiro atoms. The van der Waals surface area contributed by atoms with Crippen LogP contribution < -0.4 is 0 Å². The Morgan fingerprint density at radius 3 is 1.95 bits per heavy atom. The van der Waals surface area contributed by atoms with Crippen molar-refractivity contribution in [1.82, 2.24) is 0 Å². The number of carbonyl (C=O) groups is 1. The van der Waals surface area contributed by atoms with E-state index in [1.54, 1.807) is 0 Å². The summed E-state index contributed by atoms with van der Waals surface area (Å²) in [6, 6.07) is 0. The van der Waals surface area contributed by atoms with Crippen LogP contribution in [0.5, 0.6) is 0 Å². The van der Waals surface area contributed by atoms with Gasteiger partial charge in [0.05, 0.1) is 12.0 Å². The predicted octanol–water partition coefficient (Wildman–Crippen LogP) is 4.82. The first kappa shape index (κ1) is 15.4. The zero-order valence-corrected chi connectivity index (χ0v) is 14.3. The molecule has 0 atom stereocenters. The van der Waals surface area contributed by atoms with Crippen LogP contribution in [0.4, 0.5) is 0 Å². The van der Waals surface area contributed by atoms with E-state index in [2.05, 4.69) is 27.7 Å². The maximum absolute atomic E-state index is 12.5. The maximum Gasteiger partial charge on any atom is 0.311 e. The number of ether oxygens (including phenoxy) is 1. The Bertz CT molecular complexity index is 380. The molecule has 120 valence electrons. The summed E-state index contributed by atoms with van der Waals surface area (Å²) >= 11 is 0. The standard InChI is InChI=1S/C19H32O2/c1-5-18(3,6-2)17(20)21-12-19(4)15-8-13-7-14(10-15)11-16(19)9-13/h13-16H,5-12H2,1-4H3. The van der Waals surface area contributed by atoms with Gasteiger partial charge in [-0.1, -0.05) is 20.8 Å². The molecule has 0 aromatic heterocycles. The SMILES string of the molecule is CCC(C)(CC)C(=O)OCC1(C)C2CC3CC(C2)CC1C3. The van der Waals surface area contributed by atoms with Crippen LogP contribution in [0.3, 0.4) is 0 Å². The lowest BCUT2D eigenvalue weighted by molar-refractivity contribution is -0.173. The average Bonchev–Trinajstić information content (AvgIpc) is 2.48. The Morgan fingerprint density at radius 2 is 1.52 bits per heavy atom. The van der Waals surface area contributed by atoms with Gasteiger partial charge in [-0.3, -0.25) is 4.79 Å². The van der Waals surface area contributed by atoms with Crippen molar-refractivity contribution < 1.29 is 9.53 Å². The van der Waals surface area contributed by atoms with Gasteiger partial charge >= 0.3 is 5.97 Å². The highest BCUT2D eigenvalue weighted by molar-refractivity contribution is 5.76. The van der Waals surface area contributed by atoms with E-state index >= 15 is 0 Å². The highest BCUT2D eigenvalue weighted by Gasteiger charge is 2.55. The van der Waals surface area contributed by atoms with Gasteiger partial charge in [0.25, 0.3) is 0 Å². The van der Waals surface area contributed by atoms with Crippen molar-refractivity contribution in [1.29, 1.82) is 0 Å². The van der Waals surface area contributed by atoms with Gasteiger partial charge in [0, 0.05) is 5.41 Å². The molecule has 2 nitrogen and oxygen atoms in total. The zero-order valence-electron chi connectivity index (χ0n) is 14.3. The lowest BCUT2D eigenvalue weighted by Crippen LogP contribution is -2.54. The van der Waals surface area contributed by atoms with Crippen LogP contribution in [-0.4, -0.2) is 12.6 Å². The summed E-state index contributed by atoms with van der Waals surface area (Å²) in [6.07, 6.45) is 8.78. The van der Waals surface area contributed by atoms with Crippen molar-refractivity contribution >= 4 is 5.97 Å². The van der Waals surface area contributed by atoms with Gasteiger partial charge in [0.2, 0.25) is 0 Å². The number of carbonyl (C=O) groups excluding carboxylic acids is 1. The van der Waals surface area contributed by atoms with Gasteiger partial charge < -0.3 is 4.74 Å². The van der Waals surface area contributed by atoms with Crippen molar-refractivity contribution in [3.8, 4) is 0 Å². The molecule has 4 fully saturated rings. The monoisotopic (exact) mass is 292 g/mol. The largest absolute Gasteiger partial charge is 0.465 e. The minimum absolute atomic E-state index is 0.0301. The second kappa shape index (κ2) is 5.28. The van der Waals surface area contributed by atoms with Crippen LogP contribution in [0.2, 0.25) is 0 Å². The van der Waals surface area contributed by atoms with Gasteiger partial charge in [0.15, 0.2) is 0 Å². The van der Waals surface area contributed by atoms with E-state index in [1.165, 1.54) is 32.1 Å². The minimum atomic E-state index is -0.289. The quantitative estimate of drug-likeness (QED) is 0.679. The van der Waals surface area contributed by atoms with E-state index < -0.39 is 0 Å².